The van der Waals surface area contributed by atoms with Crippen molar-refractivity contribution in [3.8, 4) is 0 Å². The fourth-order valence-corrected chi connectivity index (χ4v) is 6.88. The van der Waals surface area contributed by atoms with Crippen LogP contribution in [0.2, 0.25) is 0 Å². The number of amides is 5. The maximum atomic E-state index is 14.4. The first-order chi connectivity index (χ1) is 26.0. The van der Waals surface area contributed by atoms with Crippen LogP contribution in [0.1, 0.15) is 74.7 Å². The number of pyridine rings is 1. The first-order valence-electron chi connectivity index (χ1n) is 19.1. The number of benzene rings is 2. The summed E-state index contributed by atoms with van der Waals surface area (Å²) >= 11 is 0. The third kappa shape index (κ3) is 12.0. The second kappa shape index (κ2) is 19.0. The van der Waals surface area contributed by atoms with Crippen LogP contribution in [-0.4, -0.2) is 97.8 Å². The fraction of sp³-hybridized carbons (Fsp3) is 0.500. The summed E-state index contributed by atoms with van der Waals surface area (Å²) in [6.45, 7) is 16.4. The molecule has 13 nitrogen and oxygen atoms in total. The molecular weight excluding hydrogens is 699 g/mol. The third-order valence-corrected chi connectivity index (χ3v) is 10.3. The van der Waals surface area contributed by atoms with E-state index < -0.39 is 41.6 Å². The standard InChI is InChI=1S/C42H59N7O6/c1-9-27(2)36(49-21-20-47(41(49)55)25-33-17-13-14-30(5)43-33)38(51)44-34(23-31-15-11-10-12-16-31)35(50)26-48(24-32-19-18-28(3)29(4)22-32)46-39(52)37(42(6,7)8)45-40(53)54/h10-19,22,27,34-37,45,50H,9,20-21,23-26H2,1-8H3,(H,44,51)(H,46,52)(H,53,54)/t27-,34-,35-,36-,37+/m0/s1. The van der Waals surface area contributed by atoms with Crippen molar-refractivity contribution in [3.63, 3.8) is 0 Å². The van der Waals surface area contributed by atoms with E-state index in [1.807, 2.05) is 101 Å². The van der Waals surface area contributed by atoms with Gasteiger partial charge >= 0.3 is 12.1 Å². The van der Waals surface area contributed by atoms with Crippen LogP contribution in [0, 0.1) is 32.1 Å². The van der Waals surface area contributed by atoms with Gasteiger partial charge in [-0.15, -0.1) is 0 Å². The van der Waals surface area contributed by atoms with Crippen molar-refractivity contribution in [1.29, 1.82) is 0 Å². The van der Waals surface area contributed by atoms with Gasteiger partial charge < -0.3 is 30.6 Å². The molecule has 1 aliphatic heterocycles. The lowest BCUT2D eigenvalue weighted by atomic mass is 9.86. The van der Waals surface area contributed by atoms with Crippen LogP contribution in [0.5, 0.6) is 0 Å². The van der Waals surface area contributed by atoms with E-state index in [4.69, 9.17) is 0 Å². The van der Waals surface area contributed by atoms with Gasteiger partial charge in [0.1, 0.15) is 12.1 Å². The SMILES string of the molecule is CC[C@H](C)[C@@H](C(=O)N[C@@H](Cc1ccccc1)[C@@H](O)CN(Cc1ccc(C)c(C)c1)NC(=O)[C@@H](NC(=O)O)C(C)(C)C)N1CCN(Cc2cccc(C)n2)C1=O. The highest BCUT2D eigenvalue weighted by Gasteiger charge is 2.41. The van der Waals surface area contributed by atoms with Gasteiger partial charge in [0.2, 0.25) is 5.91 Å². The summed E-state index contributed by atoms with van der Waals surface area (Å²) in [6, 6.07) is 18.2. The molecule has 1 saturated heterocycles. The average Bonchev–Trinajstić information content (AvgIpc) is 3.46. The lowest BCUT2D eigenvalue weighted by Crippen LogP contribution is -2.60. The van der Waals surface area contributed by atoms with Crippen LogP contribution in [0.15, 0.2) is 66.7 Å². The molecule has 2 aromatic carbocycles. The summed E-state index contributed by atoms with van der Waals surface area (Å²) in [6.07, 6.45) is -1.62. The van der Waals surface area contributed by atoms with Crippen LogP contribution in [0.3, 0.4) is 0 Å². The van der Waals surface area contributed by atoms with Crippen LogP contribution >= 0.6 is 0 Å². The molecule has 5 N–H and O–H groups in total. The molecule has 5 atom stereocenters. The highest BCUT2D eigenvalue weighted by molar-refractivity contribution is 5.88. The molecule has 0 aliphatic carbocycles. The normalized spacial score (nSPS) is 16.0. The fourth-order valence-electron chi connectivity index (χ4n) is 6.88. The molecule has 0 bridgehead atoms. The third-order valence-electron chi connectivity index (χ3n) is 10.3. The number of hydrogen-bond acceptors (Lipinski definition) is 7. The molecule has 4 rings (SSSR count). The van der Waals surface area contributed by atoms with Gasteiger partial charge in [0, 0.05) is 31.9 Å². The van der Waals surface area contributed by atoms with Crippen molar-refractivity contribution >= 4 is 23.9 Å². The van der Waals surface area contributed by atoms with Crippen molar-refractivity contribution in [3.05, 3.63) is 100 Å². The molecule has 55 heavy (non-hydrogen) atoms. The Morgan fingerprint density at radius 2 is 1.62 bits per heavy atom. The van der Waals surface area contributed by atoms with Crippen LogP contribution in [-0.2, 0) is 29.1 Å². The number of rotatable bonds is 17. The predicted molar refractivity (Wildman–Crippen MR) is 212 cm³/mol. The number of nitrogens with one attached hydrogen (secondary N) is 3. The zero-order valence-corrected chi connectivity index (χ0v) is 33.5. The minimum atomic E-state index is -1.33. The molecule has 0 spiro atoms. The Hall–Kier alpha value is -5.01. The first kappa shape index (κ1) is 42.7. The Kier molecular flexibility index (Phi) is 14.8. The molecule has 5 amide bonds. The van der Waals surface area contributed by atoms with Gasteiger partial charge in [-0.3, -0.25) is 20.0 Å². The van der Waals surface area contributed by atoms with Gasteiger partial charge in [0.05, 0.1) is 24.4 Å². The number of aliphatic hydroxyl groups excluding tert-OH is 1. The zero-order valence-electron chi connectivity index (χ0n) is 33.5. The summed E-state index contributed by atoms with van der Waals surface area (Å²) in [4.78, 5) is 61.6. The number of hydrogen-bond donors (Lipinski definition) is 5. The number of hydrazine groups is 1. The summed E-state index contributed by atoms with van der Waals surface area (Å²) in [5, 5.41) is 28.6. The Morgan fingerprint density at radius 3 is 2.24 bits per heavy atom. The van der Waals surface area contributed by atoms with E-state index in [1.165, 1.54) is 0 Å². The monoisotopic (exact) mass is 757 g/mol. The first-order valence-corrected chi connectivity index (χ1v) is 19.1. The Morgan fingerprint density at radius 1 is 0.909 bits per heavy atom. The number of aromatic nitrogens is 1. The molecule has 0 saturated carbocycles. The van der Waals surface area contributed by atoms with E-state index in [9.17, 15) is 29.4 Å². The minimum Gasteiger partial charge on any atom is -0.465 e. The molecule has 0 radical (unpaired) electrons. The van der Waals surface area contributed by atoms with E-state index in [1.54, 1.807) is 35.6 Å². The van der Waals surface area contributed by atoms with Gasteiger partial charge in [-0.25, -0.2) is 14.6 Å². The number of urea groups is 1. The summed E-state index contributed by atoms with van der Waals surface area (Å²) < 4.78 is 0. The van der Waals surface area contributed by atoms with Crippen LogP contribution < -0.4 is 16.1 Å². The minimum absolute atomic E-state index is 0.103. The Bertz CT molecular complexity index is 1780. The zero-order chi connectivity index (χ0) is 40.4. The number of carbonyl (C=O) groups excluding carboxylic acids is 3. The highest BCUT2D eigenvalue weighted by Crippen LogP contribution is 2.24. The van der Waals surface area contributed by atoms with Crippen molar-refractivity contribution in [2.45, 2.75) is 106 Å². The topological polar surface area (TPSA) is 167 Å². The average molecular weight is 758 g/mol. The molecule has 3 aromatic rings. The highest BCUT2D eigenvalue weighted by atomic mass is 16.4. The Labute approximate surface area is 325 Å². The predicted octanol–water partition coefficient (Wildman–Crippen LogP) is 4.96. The lowest BCUT2D eigenvalue weighted by molar-refractivity contribution is -0.132. The molecular formula is C42H59N7O6. The van der Waals surface area contributed by atoms with Crippen molar-refractivity contribution in [2.75, 3.05) is 19.6 Å². The van der Waals surface area contributed by atoms with Gasteiger partial charge in [-0.2, -0.15) is 0 Å². The van der Waals surface area contributed by atoms with Gasteiger partial charge in [0.15, 0.2) is 0 Å². The molecule has 0 unspecified atom stereocenters. The van der Waals surface area contributed by atoms with Crippen LogP contribution in [0.25, 0.3) is 0 Å². The molecule has 1 aromatic heterocycles. The summed E-state index contributed by atoms with van der Waals surface area (Å²) in [5.74, 6) is -1.14. The van der Waals surface area contributed by atoms with Gasteiger partial charge in [-0.05, 0) is 72.9 Å². The van der Waals surface area contributed by atoms with E-state index in [2.05, 4.69) is 21.0 Å². The molecule has 13 heteroatoms. The second-order valence-corrected chi connectivity index (χ2v) is 15.9. The molecule has 298 valence electrons. The van der Waals surface area contributed by atoms with Crippen molar-refractivity contribution < 1.29 is 29.4 Å². The summed E-state index contributed by atoms with van der Waals surface area (Å²) in [5.41, 5.74) is 7.65. The van der Waals surface area contributed by atoms with Gasteiger partial charge in [0.25, 0.3) is 5.91 Å². The molecule has 1 aliphatic rings. The van der Waals surface area contributed by atoms with E-state index in [0.717, 1.165) is 33.6 Å². The Balaban J connectivity index is 1.62. The maximum Gasteiger partial charge on any atom is 0.405 e. The lowest BCUT2D eigenvalue weighted by Gasteiger charge is -2.36. The van der Waals surface area contributed by atoms with Crippen LogP contribution in [0.4, 0.5) is 9.59 Å². The number of aryl methyl sites for hydroxylation is 3. The molecule has 1 fully saturated rings. The number of nitrogens with zero attached hydrogens (tertiary/aromatic N) is 4. The van der Waals surface area contributed by atoms with E-state index >= 15 is 0 Å². The quantitative estimate of drug-likeness (QED) is 0.121. The number of aliphatic hydroxyl groups is 1. The second-order valence-electron chi connectivity index (χ2n) is 15.9. The number of carbonyl (C=O) groups is 4. The van der Waals surface area contributed by atoms with E-state index in [-0.39, 0.29) is 37.4 Å². The van der Waals surface area contributed by atoms with E-state index in [0.29, 0.717) is 26.1 Å². The van der Waals surface area contributed by atoms with Gasteiger partial charge in [-0.1, -0.05) is 95.6 Å². The largest absolute Gasteiger partial charge is 0.465 e. The number of carboxylic acid groups (broad SMARTS) is 1. The summed E-state index contributed by atoms with van der Waals surface area (Å²) in [7, 11) is 0. The smallest absolute Gasteiger partial charge is 0.405 e. The molecule has 2 heterocycles. The van der Waals surface area contributed by atoms with Crippen molar-refractivity contribution in [2.24, 2.45) is 11.3 Å². The van der Waals surface area contributed by atoms with Crippen molar-refractivity contribution in [1.82, 2.24) is 35.9 Å². The maximum absolute atomic E-state index is 14.4.